The molecule has 0 spiro atoms. The van der Waals surface area contributed by atoms with Crippen LogP contribution in [0.3, 0.4) is 0 Å². The summed E-state index contributed by atoms with van der Waals surface area (Å²) >= 11 is 0. The molecule has 0 heterocycles. The predicted octanol–water partition coefficient (Wildman–Crippen LogP) is 2.63. The second kappa shape index (κ2) is 10.1. The van der Waals surface area contributed by atoms with Crippen LogP contribution in [0, 0.1) is 0 Å². The molecule has 130 valence electrons. The van der Waals surface area contributed by atoms with E-state index < -0.39 is 12.6 Å². The number of guanidine groups is 1. The first-order chi connectivity index (χ1) is 10.9. The molecule has 0 radical (unpaired) electrons. The lowest BCUT2D eigenvalue weighted by molar-refractivity contribution is -0.132. The fourth-order valence-electron chi connectivity index (χ4n) is 1.98. The maximum atomic E-state index is 12.1. The van der Waals surface area contributed by atoms with E-state index >= 15 is 0 Å². The highest BCUT2D eigenvalue weighted by atomic mass is 19.4. The van der Waals surface area contributed by atoms with Gasteiger partial charge < -0.3 is 15.5 Å². The van der Waals surface area contributed by atoms with Crippen molar-refractivity contribution >= 4 is 5.96 Å². The molecule has 0 aliphatic carbocycles. The lowest BCUT2D eigenvalue weighted by atomic mass is 10.2. The van der Waals surface area contributed by atoms with Crippen molar-refractivity contribution in [3.8, 4) is 0 Å². The maximum Gasteiger partial charge on any atom is 0.390 e. The Labute approximate surface area is 135 Å². The van der Waals surface area contributed by atoms with Crippen molar-refractivity contribution in [1.82, 2.24) is 15.5 Å². The summed E-state index contributed by atoms with van der Waals surface area (Å²) in [6.07, 6.45) is -5.08. The Kier molecular flexibility index (Phi) is 8.47. The van der Waals surface area contributed by atoms with Crippen LogP contribution in [-0.4, -0.2) is 50.3 Å². The first-order valence-electron chi connectivity index (χ1n) is 7.72. The second-order valence-corrected chi connectivity index (χ2v) is 5.28. The van der Waals surface area contributed by atoms with Gasteiger partial charge in [-0.05, 0) is 19.5 Å². The van der Waals surface area contributed by atoms with Gasteiger partial charge in [0.2, 0.25) is 0 Å². The average molecular weight is 330 g/mol. The predicted molar refractivity (Wildman–Crippen MR) is 87.4 cm³/mol. The lowest BCUT2D eigenvalue weighted by Crippen LogP contribution is -2.41. The summed E-state index contributed by atoms with van der Waals surface area (Å²) in [5, 5.41) is 6.00. The second-order valence-electron chi connectivity index (χ2n) is 5.28. The van der Waals surface area contributed by atoms with Gasteiger partial charge in [0.25, 0.3) is 0 Å². The van der Waals surface area contributed by atoms with Crippen LogP contribution in [0.15, 0.2) is 35.3 Å². The smallest absolute Gasteiger partial charge is 0.357 e. The molecule has 0 atom stereocenters. The SMILES string of the molecule is CCNC(=NCCC(F)(F)F)NCCN(C)Cc1ccccc1. The van der Waals surface area contributed by atoms with Crippen LogP contribution >= 0.6 is 0 Å². The first-order valence-corrected chi connectivity index (χ1v) is 7.72. The topological polar surface area (TPSA) is 39.7 Å². The Morgan fingerprint density at radius 1 is 1.17 bits per heavy atom. The monoisotopic (exact) mass is 330 g/mol. The minimum atomic E-state index is -4.17. The molecule has 0 saturated carbocycles. The van der Waals surface area contributed by atoms with Gasteiger partial charge in [-0.1, -0.05) is 30.3 Å². The van der Waals surface area contributed by atoms with Crippen molar-refractivity contribution in [3.63, 3.8) is 0 Å². The molecule has 2 N–H and O–H groups in total. The van der Waals surface area contributed by atoms with Gasteiger partial charge in [0.1, 0.15) is 0 Å². The molecule has 0 aliphatic rings. The Bertz CT molecular complexity index is 460. The summed E-state index contributed by atoms with van der Waals surface area (Å²) in [6.45, 7) is 4.42. The number of rotatable bonds is 8. The molecule has 0 bridgehead atoms. The van der Waals surface area contributed by atoms with E-state index in [0.717, 1.165) is 13.1 Å². The van der Waals surface area contributed by atoms with Gasteiger partial charge in [-0.25, -0.2) is 0 Å². The molecular formula is C16H25F3N4. The third-order valence-corrected chi connectivity index (χ3v) is 3.09. The number of hydrogen-bond donors (Lipinski definition) is 2. The van der Waals surface area contributed by atoms with E-state index in [2.05, 4.69) is 32.7 Å². The highest BCUT2D eigenvalue weighted by Crippen LogP contribution is 2.18. The zero-order valence-corrected chi connectivity index (χ0v) is 13.7. The number of nitrogens with zero attached hydrogens (tertiary/aromatic N) is 2. The average Bonchev–Trinajstić information content (AvgIpc) is 2.47. The summed E-state index contributed by atoms with van der Waals surface area (Å²) < 4.78 is 36.4. The van der Waals surface area contributed by atoms with E-state index in [1.807, 2.05) is 32.2 Å². The largest absolute Gasteiger partial charge is 0.390 e. The van der Waals surface area contributed by atoms with Crippen LogP contribution in [-0.2, 0) is 6.54 Å². The summed E-state index contributed by atoms with van der Waals surface area (Å²) in [4.78, 5) is 6.08. The number of nitrogens with one attached hydrogen (secondary N) is 2. The van der Waals surface area contributed by atoms with Crippen LogP contribution < -0.4 is 10.6 Å². The summed E-state index contributed by atoms with van der Waals surface area (Å²) in [5.74, 6) is 0.421. The number of alkyl halides is 3. The van der Waals surface area contributed by atoms with Crippen LogP contribution in [0.25, 0.3) is 0 Å². The minimum Gasteiger partial charge on any atom is -0.357 e. The molecule has 1 aromatic rings. The number of benzene rings is 1. The van der Waals surface area contributed by atoms with Crippen LogP contribution in [0.4, 0.5) is 13.2 Å². The van der Waals surface area contributed by atoms with Gasteiger partial charge in [-0.15, -0.1) is 0 Å². The van der Waals surface area contributed by atoms with E-state index in [0.29, 0.717) is 19.0 Å². The van der Waals surface area contributed by atoms with Crippen LogP contribution in [0.2, 0.25) is 0 Å². The molecule has 0 fully saturated rings. The zero-order valence-electron chi connectivity index (χ0n) is 13.7. The van der Waals surface area contributed by atoms with Gasteiger partial charge in [-0.3, -0.25) is 4.99 Å². The number of aliphatic imine (C=N–C) groups is 1. The standard InChI is InChI=1S/C16H25F3N4/c1-3-20-15(21-10-9-16(17,18)19)22-11-12-23(2)13-14-7-5-4-6-8-14/h4-8H,3,9-13H2,1-2H3,(H2,20,21,22). The van der Waals surface area contributed by atoms with Crippen molar-refractivity contribution in [2.75, 3.05) is 33.2 Å². The fourth-order valence-corrected chi connectivity index (χ4v) is 1.98. The highest BCUT2D eigenvalue weighted by molar-refractivity contribution is 5.79. The summed E-state index contributed by atoms with van der Waals surface area (Å²) in [7, 11) is 2.00. The van der Waals surface area contributed by atoms with Crippen molar-refractivity contribution in [1.29, 1.82) is 0 Å². The molecule has 1 rings (SSSR count). The van der Waals surface area contributed by atoms with Gasteiger partial charge in [0.15, 0.2) is 5.96 Å². The highest BCUT2D eigenvalue weighted by Gasteiger charge is 2.26. The van der Waals surface area contributed by atoms with Crippen LogP contribution in [0.5, 0.6) is 0 Å². The summed E-state index contributed by atoms with van der Waals surface area (Å²) in [5.41, 5.74) is 1.22. The normalized spacial score (nSPS) is 12.5. The Balaban J connectivity index is 2.32. The van der Waals surface area contributed by atoms with Crippen LogP contribution in [0.1, 0.15) is 18.9 Å². The van der Waals surface area contributed by atoms with Crippen molar-refractivity contribution < 1.29 is 13.2 Å². The maximum absolute atomic E-state index is 12.1. The molecule has 0 aromatic heterocycles. The Morgan fingerprint density at radius 2 is 1.87 bits per heavy atom. The van der Waals surface area contributed by atoms with E-state index in [-0.39, 0.29) is 6.54 Å². The molecule has 0 saturated heterocycles. The van der Waals surface area contributed by atoms with E-state index in [4.69, 9.17) is 0 Å². The minimum absolute atomic E-state index is 0.265. The first kappa shape index (κ1) is 19.3. The Hall–Kier alpha value is -1.76. The van der Waals surface area contributed by atoms with Crippen molar-refractivity contribution in [3.05, 3.63) is 35.9 Å². The summed E-state index contributed by atoms with van der Waals surface area (Å²) in [6, 6.07) is 10.1. The third-order valence-electron chi connectivity index (χ3n) is 3.09. The van der Waals surface area contributed by atoms with E-state index in [9.17, 15) is 13.2 Å². The van der Waals surface area contributed by atoms with Gasteiger partial charge in [0.05, 0.1) is 13.0 Å². The number of likely N-dealkylation sites (N-methyl/N-ethyl adjacent to an activating group) is 1. The molecule has 0 unspecified atom stereocenters. The molecule has 23 heavy (non-hydrogen) atoms. The molecule has 0 aliphatic heterocycles. The fraction of sp³-hybridized carbons (Fsp3) is 0.562. The Morgan fingerprint density at radius 3 is 2.48 bits per heavy atom. The zero-order chi connectivity index (χ0) is 17.1. The molecule has 0 amide bonds. The van der Waals surface area contributed by atoms with Gasteiger partial charge >= 0.3 is 6.18 Å². The van der Waals surface area contributed by atoms with Gasteiger partial charge in [-0.2, -0.15) is 13.2 Å². The quantitative estimate of drug-likeness (QED) is 0.569. The van der Waals surface area contributed by atoms with E-state index in [1.54, 1.807) is 0 Å². The molecule has 4 nitrogen and oxygen atoms in total. The molecule has 1 aromatic carbocycles. The van der Waals surface area contributed by atoms with Crippen molar-refractivity contribution in [2.24, 2.45) is 4.99 Å². The van der Waals surface area contributed by atoms with Crippen molar-refractivity contribution in [2.45, 2.75) is 26.1 Å². The number of halogens is 3. The van der Waals surface area contributed by atoms with E-state index in [1.165, 1.54) is 5.56 Å². The number of hydrogen-bond acceptors (Lipinski definition) is 2. The molecular weight excluding hydrogens is 305 g/mol. The molecule has 7 heteroatoms. The van der Waals surface area contributed by atoms with Gasteiger partial charge in [0, 0.05) is 26.2 Å². The third kappa shape index (κ3) is 9.78. The lowest BCUT2D eigenvalue weighted by Gasteiger charge is -2.18.